The minimum Gasteiger partial charge on any atom is -0.358 e. The van der Waals surface area contributed by atoms with Gasteiger partial charge in [0.05, 0.1) is 5.75 Å². The quantitative estimate of drug-likeness (QED) is 0.607. The van der Waals surface area contributed by atoms with Crippen molar-refractivity contribution in [3.05, 3.63) is 0 Å². The zero-order valence-electron chi connectivity index (χ0n) is 12.9. The molecule has 0 aromatic carbocycles. The normalized spacial score (nSPS) is 16.4. The number of hydrogen-bond donors (Lipinski definition) is 1. The second kappa shape index (κ2) is 7.84. The van der Waals surface area contributed by atoms with E-state index in [0.29, 0.717) is 6.92 Å². The number of nitrogens with one attached hydrogen (secondary N) is 1. The first-order valence-electron chi connectivity index (χ1n) is 6.49. The topological polar surface area (TPSA) is 63.2 Å². The first-order valence-corrected chi connectivity index (χ1v) is 9.13. The number of rotatable bonds is 8. The van der Waals surface area contributed by atoms with E-state index in [1.54, 1.807) is 0 Å². The average Bonchev–Trinajstić information content (AvgIpc) is 2.41. The number of halogens is 8. The van der Waals surface area contributed by atoms with Crippen molar-refractivity contribution in [2.45, 2.75) is 42.1 Å². The van der Waals surface area contributed by atoms with E-state index < -0.39 is 74.2 Å². The number of hydrogen-bond acceptors (Lipinski definition) is 4. The number of sulfone groups is 1. The Hall–Kier alpha value is -0.790. The Balaban J connectivity index is 5.40. The molecule has 1 atom stereocenters. The second-order valence-corrected chi connectivity index (χ2v) is 8.82. The smallest absolute Gasteiger partial charge is 0.358 e. The largest absolute Gasteiger partial charge is 0.453 e. The van der Waals surface area contributed by atoms with Gasteiger partial charge in [0.2, 0.25) is 5.91 Å². The number of thioether (sulfide) groups is 1. The fourth-order valence-corrected chi connectivity index (χ4v) is 4.31. The molecule has 25 heavy (non-hydrogen) atoms. The van der Waals surface area contributed by atoms with Crippen LogP contribution in [0.1, 0.15) is 19.8 Å². The first-order chi connectivity index (χ1) is 10.9. The predicted molar refractivity (Wildman–Crippen MR) is 75.0 cm³/mol. The fraction of sp³-hybridized carbons (Fsp3) is 0.909. The highest BCUT2D eigenvalue weighted by Crippen LogP contribution is 2.40. The molecule has 0 aromatic heterocycles. The molecule has 1 amide bonds. The van der Waals surface area contributed by atoms with E-state index in [1.807, 2.05) is 5.32 Å². The van der Waals surface area contributed by atoms with Crippen molar-refractivity contribution in [1.82, 2.24) is 5.32 Å². The zero-order chi connectivity index (χ0) is 20.3. The van der Waals surface area contributed by atoms with Gasteiger partial charge >= 0.3 is 17.6 Å². The van der Waals surface area contributed by atoms with Crippen LogP contribution >= 0.6 is 11.8 Å². The molecule has 0 saturated carbocycles. The van der Waals surface area contributed by atoms with Crippen LogP contribution in [0.15, 0.2) is 0 Å². The third-order valence-corrected chi connectivity index (χ3v) is 6.58. The molecule has 1 unspecified atom stereocenters. The lowest BCUT2D eigenvalue weighted by molar-refractivity contribution is -0.282. The Bertz CT molecular complexity index is 573. The van der Waals surface area contributed by atoms with Crippen molar-refractivity contribution in [2.75, 3.05) is 18.6 Å². The summed E-state index contributed by atoms with van der Waals surface area (Å²) in [4.78, 5) is 11.8. The molecule has 4 nitrogen and oxygen atoms in total. The van der Waals surface area contributed by atoms with Crippen LogP contribution in [0.5, 0.6) is 0 Å². The van der Waals surface area contributed by atoms with Gasteiger partial charge in [0.15, 0.2) is 9.84 Å². The molecule has 0 heterocycles. The summed E-state index contributed by atoms with van der Waals surface area (Å²) in [6.45, 7) is 0.684. The van der Waals surface area contributed by atoms with Gasteiger partial charge in [0.25, 0.3) is 0 Å². The van der Waals surface area contributed by atoms with Gasteiger partial charge in [-0.25, -0.2) is 8.42 Å². The van der Waals surface area contributed by atoms with Crippen molar-refractivity contribution in [2.24, 2.45) is 0 Å². The SMILES string of the molecule is CNC(=O)C(C)(CCSC(F)(F)F)S(=O)(=O)CCC(F)(F)C(F)(F)F. The lowest BCUT2D eigenvalue weighted by Gasteiger charge is -2.28. The molecule has 1 N–H and O–H groups in total. The van der Waals surface area contributed by atoms with Gasteiger partial charge in [0, 0.05) is 19.2 Å². The highest BCUT2D eigenvalue weighted by Gasteiger charge is 2.58. The summed E-state index contributed by atoms with van der Waals surface area (Å²) in [5.41, 5.74) is -4.73. The van der Waals surface area contributed by atoms with Gasteiger partial charge in [-0.05, 0) is 13.3 Å². The van der Waals surface area contributed by atoms with Crippen LogP contribution in [0.25, 0.3) is 0 Å². The number of carbonyl (C=O) groups excluding carboxylic acids is 1. The van der Waals surface area contributed by atoms with Crippen LogP contribution in [0.4, 0.5) is 35.1 Å². The summed E-state index contributed by atoms with van der Waals surface area (Å²) < 4.78 is 120. The van der Waals surface area contributed by atoms with Gasteiger partial charge in [-0.3, -0.25) is 4.79 Å². The molecule has 0 spiro atoms. The third-order valence-electron chi connectivity index (χ3n) is 3.34. The van der Waals surface area contributed by atoms with Crippen molar-refractivity contribution >= 4 is 27.5 Å². The van der Waals surface area contributed by atoms with E-state index in [4.69, 9.17) is 0 Å². The molecular formula is C11H15F8NO3S2. The molecule has 0 aliphatic rings. The molecule has 0 aliphatic heterocycles. The highest BCUT2D eigenvalue weighted by atomic mass is 32.2. The predicted octanol–water partition coefficient (Wildman–Crippen LogP) is 3.14. The third kappa shape index (κ3) is 6.46. The Labute approximate surface area is 142 Å². The van der Waals surface area contributed by atoms with E-state index in [9.17, 15) is 48.3 Å². The molecule has 0 fully saturated rings. The van der Waals surface area contributed by atoms with Crippen LogP contribution in [0.3, 0.4) is 0 Å². The van der Waals surface area contributed by atoms with Gasteiger partial charge in [-0.2, -0.15) is 35.1 Å². The minimum absolute atomic E-state index is 0.640. The molecule has 0 rings (SSSR count). The van der Waals surface area contributed by atoms with Gasteiger partial charge < -0.3 is 5.32 Å². The number of alkyl halides is 8. The van der Waals surface area contributed by atoms with Crippen LogP contribution < -0.4 is 5.32 Å². The van der Waals surface area contributed by atoms with Crippen molar-refractivity contribution in [3.8, 4) is 0 Å². The molecule has 0 saturated heterocycles. The average molecular weight is 425 g/mol. The highest BCUT2D eigenvalue weighted by molar-refractivity contribution is 8.00. The van der Waals surface area contributed by atoms with Crippen LogP contribution in [-0.2, 0) is 14.6 Å². The molecule has 150 valence electrons. The number of carbonyl (C=O) groups is 1. The van der Waals surface area contributed by atoms with Crippen molar-refractivity contribution < 1.29 is 48.3 Å². The molecule has 0 radical (unpaired) electrons. The number of amides is 1. The molecule has 0 aliphatic carbocycles. The Morgan fingerprint density at radius 2 is 1.48 bits per heavy atom. The Kier molecular flexibility index (Phi) is 7.59. The molecule has 0 bridgehead atoms. The van der Waals surface area contributed by atoms with E-state index >= 15 is 0 Å². The maximum Gasteiger partial charge on any atom is 0.453 e. The Morgan fingerprint density at radius 1 is 1.00 bits per heavy atom. The molecule has 14 heteroatoms. The van der Waals surface area contributed by atoms with Crippen molar-refractivity contribution in [1.29, 1.82) is 0 Å². The van der Waals surface area contributed by atoms with E-state index in [1.165, 1.54) is 0 Å². The van der Waals surface area contributed by atoms with E-state index in [0.717, 1.165) is 7.05 Å². The summed E-state index contributed by atoms with van der Waals surface area (Å²) in [5.74, 6) is -9.24. The lowest BCUT2D eigenvalue weighted by Crippen LogP contribution is -2.51. The van der Waals surface area contributed by atoms with E-state index in [-0.39, 0.29) is 0 Å². The maximum absolute atomic E-state index is 12.9. The standard InChI is InChI=1S/C11H15F8NO3S2/c1-8(7(21)20-2,3-5-24-11(17,18)19)25(22,23)6-4-9(12,13)10(14,15)16/h3-6H2,1-2H3,(H,20,21). The summed E-state index contributed by atoms with van der Waals surface area (Å²) in [5, 5.41) is 1.87. The molecular weight excluding hydrogens is 410 g/mol. The van der Waals surface area contributed by atoms with Crippen LogP contribution in [0, 0.1) is 0 Å². The fourth-order valence-electron chi connectivity index (χ4n) is 1.67. The summed E-state index contributed by atoms with van der Waals surface area (Å²) in [6, 6.07) is 0. The molecule has 0 aromatic rings. The summed E-state index contributed by atoms with van der Waals surface area (Å²) in [7, 11) is -3.96. The monoisotopic (exact) mass is 425 g/mol. The lowest BCUT2D eigenvalue weighted by atomic mass is 10.1. The van der Waals surface area contributed by atoms with Crippen molar-refractivity contribution in [3.63, 3.8) is 0 Å². The van der Waals surface area contributed by atoms with Crippen LogP contribution in [-0.4, -0.2) is 55.2 Å². The maximum atomic E-state index is 12.9. The van der Waals surface area contributed by atoms with Crippen LogP contribution in [0.2, 0.25) is 0 Å². The van der Waals surface area contributed by atoms with Gasteiger partial charge in [0.1, 0.15) is 4.75 Å². The Morgan fingerprint density at radius 3 is 1.84 bits per heavy atom. The summed E-state index contributed by atoms with van der Waals surface area (Å²) in [6.07, 6.45) is -9.05. The first kappa shape index (κ1) is 24.2. The van der Waals surface area contributed by atoms with Gasteiger partial charge in [-0.15, -0.1) is 0 Å². The minimum atomic E-state index is -5.99. The summed E-state index contributed by atoms with van der Waals surface area (Å²) >= 11 is -0.640. The van der Waals surface area contributed by atoms with E-state index in [2.05, 4.69) is 0 Å². The second-order valence-electron chi connectivity index (χ2n) is 5.13. The zero-order valence-corrected chi connectivity index (χ0v) is 14.5. The van der Waals surface area contributed by atoms with Gasteiger partial charge in [-0.1, -0.05) is 11.8 Å².